The Bertz CT molecular complexity index is 199. The van der Waals surface area contributed by atoms with E-state index in [1.807, 2.05) is 0 Å². The van der Waals surface area contributed by atoms with Crippen molar-refractivity contribution in [1.29, 1.82) is 0 Å². The Morgan fingerprint density at radius 2 is 1.50 bits per heavy atom. The Labute approximate surface area is 94.8 Å². The molecule has 0 radical (unpaired) electrons. The molecule has 0 amide bonds. The molecular formula is C8H9ClMgO2. The third kappa shape index (κ3) is 4.04. The molecule has 0 atom stereocenters. The number of halogens is 1. The van der Waals surface area contributed by atoms with Crippen LogP contribution in [0.1, 0.15) is 0 Å². The average molecular weight is 197 g/mol. The zero-order valence-corrected chi connectivity index (χ0v) is 9.30. The van der Waals surface area contributed by atoms with Gasteiger partial charge in [0.2, 0.25) is 0 Å². The van der Waals surface area contributed by atoms with Crippen LogP contribution in [0.4, 0.5) is 0 Å². The molecule has 2 nitrogen and oxygen atoms in total. The Balaban J connectivity index is 0. The maximum atomic E-state index is 4.95. The van der Waals surface area contributed by atoms with Gasteiger partial charge in [0.15, 0.2) is 0 Å². The van der Waals surface area contributed by atoms with Gasteiger partial charge in [-0.05, 0) is 0 Å². The molecule has 1 aromatic carbocycles. The molecule has 0 saturated carbocycles. The molecular weight excluding hydrogens is 188 g/mol. The molecule has 1 aromatic rings. The van der Waals surface area contributed by atoms with Crippen molar-refractivity contribution in [2.24, 2.45) is 0 Å². The summed E-state index contributed by atoms with van der Waals surface area (Å²) in [5, 5.41) is 0. The van der Waals surface area contributed by atoms with Gasteiger partial charge in [0.25, 0.3) is 0 Å². The van der Waals surface area contributed by atoms with E-state index in [9.17, 15) is 0 Å². The van der Waals surface area contributed by atoms with E-state index in [0.717, 1.165) is 11.5 Å². The normalized spacial score (nSPS) is 7.50. The molecule has 0 bridgehead atoms. The summed E-state index contributed by atoms with van der Waals surface area (Å²) in [6.45, 7) is 0. The number of benzene rings is 1. The molecule has 62 valence electrons. The summed E-state index contributed by atoms with van der Waals surface area (Å²) >= 11 is 0. The summed E-state index contributed by atoms with van der Waals surface area (Å²) in [7, 11) is 3.23. The molecule has 0 aliphatic carbocycles. The Hall–Kier alpha value is -0.124. The summed E-state index contributed by atoms with van der Waals surface area (Å²) in [6.07, 6.45) is 0. The SMILES string of the molecule is COc1c[c-]cc(OC)c1.[Cl-].[Mg+2]. The smallest absolute Gasteiger partial charge is 1.00 e. The van der Waals surface area contributed by atoms with Gasteiger partial charge in [-0.3, -0.25) is 0 Å². The first kappa shape index (κ1) is 14.4. The second kappa shape index (κ2) is 7.52. The van der Waals surface area contributed by atoms with Crippen LogP contribution in [0.2, 0.25) is 0 Å². The van der Waals surface area contributed by atoms with Crippen LogP contribution >= 0.6 is 0 Å². The molecule has 4 heteroatoms. The second-order valence-electron chi connectivity index (χ2n) is 1.81. The predicted molar refractivity (Wildman–Crippen MR) is 44.1 cm³/mol. The quantitative estimate of drug-likeness (QED) is 0.408. The van der Waals surface area contributed by atoms with Gasteiger partial charge >= 0.3 is 23.1 Å². The van der Waals surface area contributed by atoms with Crippen molar-refractivity contribution in [3.63, 3.8) is 0 Å². The van der Waals surface area contributed by atoms with Crippen LogP contribution in [0, 0.1) is 6.07 Å². The molecule has 1 rings (SSSR count). The van der Waals surface area contributed by atoms with Gasteiger partial charge in [-0.15, -0.1) is 12.1 Å². The van der Waals surface area contributed by atoms with E-state index in [-0.39, 0.29) is 35.5 Å². The number of rotatable bonds is 2. The molecule has 0 heterocycles. The summed E-state index contributed by atoms with van der Waals surface area (Å²) in [6, 6.07) is 8.19. The maximum absolute atomic E-state index is 4.95. The fourth-order valence-corrected chi connectivity index (χ4v) is 0.665. The first-order valence-electron chi connectivity index (χ1n) is 2.96. The summed E-state index contributed by atoms with van der Waals surface area (Å²) in [4.78, 5) is 0. The standard InChI is InChI=1S/C8H9O2.ClH.Mg/c1-9-7-4-3-5-8(6-7)10-2;;/h4-6H,1-2H3;1H;/q-1;;+2/p-1. The molecule has 0 spiro atoms. The van der Waals surface area contributed by atoms with E-state index in [1.165, 1.54) is 0 Å². The van der Waals surface area contributed by atoms with Crippen LogP contribution in [-0.4, -0.2) is 37.3 Å². The largest absolute Gasteiger partial charge is 2.00 e. The third-order valence-electron chi connectivity index (χ3n) is 1.21. The topological polar surface area (TPSA) is 18.5 Å². The molecule has 0 fully saturated rings. The predicted octanol–water partition coefficient (Wildman–Crippen LogP) is -1.87. The zero-order valence-electron chi connectivity index (χ0n) is 7.13. The van der Waals surface area contributed by atoms with E-state index in [2.05, 4.69) is 6.07 Å². The zero-order chi connectivity index (χ0) is 7.40. The Morgan fingerprint density at radius 1 is 1.08 bits per heavy atom. The van der Waals surface area contributed by atoms with Gasteiger partial charge in [-0.2, -0.15) is 6.07 Å². The van der Waals surface area contributed by atoms with Crippen molar-refractivity contribution in [2.45, 2.75) is 0 Å². The molecule has 0 aliphatic rings. The number of methoxy groups -OCH3 is 2. The van der Waals surface area contributed by atoms with Crippen molar-refractivity contribution in [3.05, 3.63) is 24.3 Å². The fraction of sp³-hybridized carbons (Fsp3) is 0.250. The molecule has 0 aromatic heterocycles. The van der Waals surface area contributed by atoms with Gasteiger partial charge in [0, 0.05) is 11.5 Å². The first-order chi connectivity index (χ1) is 4.86. The Morgan fingerprint density at radius 3 is 1.83 bits per heavy atom. The minimum absolute atomic E-state index is 0. The van der Waals surface area contributed by atoms with E-state index in [4.69, 9.17) is 9.47 Å². The van der Waals surface area contributed by atoms with E-state index >= 15 is 0 Å². The van der Waals surface area contributed by atoms with Crippen LogP contribution in [0.15, 0.2) is 18.2 Å². The third-order valence-corrected chi connectivity index (χ3v) is 1.21. The number of hydrogen-bond acceptors (Lipinski definition) is 2. The molecule has 0 unspecified atom stereocenters. The minimum Gasteiger partial charge on any atom is -1.00 e. The summed E-state index contributed by atoms with van der Waals surface area (Å²) in [5.41, 5.74) is 0. The first-order valence-corrected chi connectivity index (χ1v) is 2.96. The summed E-state index contributed by atoms with van der Waals surface area (Å²) < 4.78 is 9.89. The number of ether oxygens (including phenoxy) is 2. The van der Waals surface area contributed by atoms with E-state index in [1.54, 1.807) is 32.4 Å². The van der Waals surface area contributed by atoms with E-state index < -0.39 is 0 Å². The molecule has 0 saturated heterocycles. The monoisotopic (exact) mass is 196 g/mol. The second-order valence-corrected chi connectivity index (χ2v) is 1.81. The van der Waals surface area contributed by atoms with Crippen LogP contribution in [0.5, 0.6) is 11.5 Å². The van der Waals surface area contributed by atoms with Crippen LogP contribution in [0.25, 0.3) is 0 Å². The van der Waals surface area contributed by atoms with Crippen LogP contribution < -0.4 is 21.9 Å². The van der Waals surface area contributed by atoms with Crippen molar-refractivity contribution in [1.82, 2.24) is 0 Å². The minimum atomic E-state index is 0. The molecule has 0 aliphatic heterocycles. The van der Waals surface area contributed by atoms with Crippen molar-refractivity contribution < 1.29 is 21.9 Å². The van der Waals surface area contributed by atoms with Crippen LogP contribution in [0.3, 0.4) is 0 Å². The van der Waals surface area contributed by atoms with Gasteiger partial charge in [0.05, 0.1) is 14.2 Å². The Kier molecular flexibility index (Phi) is 9.03. The average Bonchev–Trinajstić information content (AvgIpc) is 2.05. The van der Waals surface area contributed by atoms with Crippen LogP contribution in [-0.2, 0) is 0 Å². The fourth-order valence-electron chi connectivity index (χ4n) is 0.665. The van der Waals surface area contributed by atoms with Gasteiger partial charge in [-0.1, -0.05) is 6.07 Å². The number of hydrogen-bond donors (Lipinski definition) is 0. The molecule has 0 N–H and O–H groups in total. The maximum Gasteiger partial charge on any atom is 2.00 e. The van der Waals surface area contributed by atoms with Gasteiger partial charge < -0.3 is 21.9 Å². The van der Waals surface area contributed by atoms with Gasteiger partial charge in [0.1, 0.15) is 0 Å². The molecule has 12 heavy (non-hydrogen) atoms. The van der Waals surface area contributed by atoms with E-state index in [0.29, 0.717) is 0 Å². The van der Waals surface area contributed by atoms with Crippen molar-refractivity contribution >= 4 is 23.1 Å². The summed E-state index contributed by atoms with van der Waals surface area (Å²) in [5.74, 6) is 1.53. The van der Waals surface area contributed by atoms with Gasteiger partial charge in [-0.25, -0.2) is 0 Å². The van der Waals surface area contributed by atoms with Crippen molar-refractivity contribution in [2.75, 3.05) is 14.2 Å². The van der Waals surface area contributed by atoms with Crippen molar-refractivity contribution in [3.8, 4) is 11.5 Å².